The fraction of sp³-hybridized carbons (Fsp3) is 0.462. The average Bonchev–Trinajstić information content (AvgIpc) is 2.79. The van der Waals surface area contributed by atoms with E-state index in [0.29, 0.717) is 17.1 Å². The highest BCUT2D eigenvalue weighted by atomic mass is 35.5. The normalized spacial score (nSPS) is 13.1. The van der Waals surface area contributed by atoms with Crippen LogP contribution >= 0.6 is 11.6 Å². The van der Waals surface area contributed by atoms with Gasteiger partial charge in [0.25, 0.3) is 0 Å². The predicted octanol–water partition coefficient (Wildman–Crippen LogP) is 4.53. The van der Waals surface area contributed by atoms with Crippen molar-refractivity contribution in [2.75, 3.05) is 17.1 Å². The molecule has 2 aromatic carbocycles. The molecule has 0 aromatic heterocycles. The van der Waals surface area contributed by atoms with Crippen molar-refractivity contribution in [1.29, 1.82) is 0 Å². The Morgan fingerprint density at radius 1 is 1.09 bits per heavy atom. The molecule has 2 aromatic rings. The van der Waals surface area contributed by atoms with E-state index in [1.54, 1.807) is 36.1 Å². The van der Waals surface area contributed by atoms with E-state index < -0.39 is 16.1 Å². The summed E-state index contributed by atoms with van der Waals surface area (Å²) in [6.45, 7) is 8.03. The Morgan fingerprint density at radius 2 is 1.74 bits per heavy atom. The average molecular weight is 522 g/mol. The highest BCUT2D eigenvalue weighted by Crippen LogP contribution is 2.22. The van der Waals surface area contributed by atoms with Gasteiger partial charge in [-0.3, -0.25) is 13.9 Å². The first kappa shape index (κ1) is 28.7. The first-order chi connectivity index (χ1) is 16.4. The second-order valence-electron chi connectivity index (χ2n) is 8.92. The van der Waals surface area contributed by atoms with Crippen LogP contribution in [0.25, 0.3) is 0 Å². The maximum Gasteiger partial charge on any atom is 0.242 e. The Hall–Kier alpha value is -2.58. The number of halogens is 1. The summed E-state index contributed by atoms with van der Waals surface area (Å²) in [5, 5.41) is 3.38. The van der Waals surface area contributed by atoms with E-state index in [4.69, 9.17) is 11.6 Å². The van der Waals surface area contributed by atoms with Gasteiger partial charge in [0.1, 0.15) is 6.04 Å². The lowest BCUT2D eigenvalue weighted by Gasteiger charge is -2.30. The molecule has 0 aliphatic heterocycles. The first-order valence-electron chi connectivity index (χ1n) is 11.8. The number of nitrogens with one attached hydrogen (secondary N) is 1. The molecule has 0 radical (unpaired) electrons. The summed E-state index contributed by atoms with van der Waals surface area (Å²) in [7, 11) is -3.57. The monoisotopic (exact) mass is 521 g/mol. The molecule has 35 heavy (non-hydrogen) atoms. The number of anilines is 1. The van der Waals surface area contributed by atoms with Crippen molar-refractivity contribution in [3.05, 3.63) is 64.7 Å². The third kappa shape index (κ3) is 8.85. The van der Waals surface area contributed by atoms with E-state index in [9.17, 15) is 18.0 Å². The van der Waals surface area contributed by atoms with Crippen molar-refractivity contribution in [3.63, 3.8) is 0 Å². The fourth-order valence-corrected chi connectivity index (χ4v) is 4.72. The van der Waals surface area contributed by atoms with Crippen LogP contribution in [0.3, 0.4) is 0 Å². The van der Waals surface area contributed by atoms with Gasteiger partial charge in [-0.2, -0.15) is 0 Å². The summed E-state index contributed by atoms with van der Waals surface area (Å²) >= 11 is 6.04. The van der Waals surface area contributed by atoms with Crippen LogP contribution in [-0.4, -0.2) is 50.0 Å². The highest BCUT2D eigenvalue weighted by molar-refractivity contribution is 7.92. The predicted molar refractivity (Wildman–Crippen MR) is 142 cm³/mol. The Balaban J connectivity index is 2.16. The molecule has 0 unspecified atom stereocenters. The maximum atomic E-state index is 13.3. The standard InChI is InChI=1S/C26H36ClN3O4S/c1-6-20(3)28-26(32)21(4)29(18-22-14-12-19(2)13-15-22)25(31)11-8-16-30(35(5,33)34)24-10-7-9-23(27)17-24/h7,9-10,12-15,17,20-21H,6,8,11,16,18H2,1-5H3,(H,28,32)/t20-,21-/m0/s1. The number of sulfonamides is 1. The minimum Gasteiger partial charge on any atom is -0.352 e. The van der Waals surface area contributed by atoms with Crippen LogP contribution < -0.4 is 9.62 Å². The van der Waals surface area contributed by atoms with Gasteiger partial charge in [-0.15, -0.1) is 0 Å². The van der Waals surface area contributed by atoms with Crippen molar-refractivity contribution < 1.29 is 18.0 Å². The number of rotatable bonds is 12. The molecule has 0 saturated heterocycles. The number of hydrogen-bond donors (Lipinski definition) is 1. The van der Waals surface area contributed by atoms with Crippen LogP contribution in [0, 0.1) is 6.92 Å². The second-order valence-corrected chi connectivity index (χ2v) is 11.3. The van der Waals surface area contributed by atoms with Crippen LogP contribution in [0.1, 0.15) is 51.2 Å². The summed E-state index contributed by atoms with van der Waals surface area (Å²) in [6.07, 6.45) is 2.30. The lowest BCUT2D eigenvalue weighted by atomic mass is 10.1. The topological polar surface area (TPSA) is 86.8 Å². The molecular formula is C26H36ClN3O4S. The lowest BCUT2D eigenvalue weighted by molar-refractivity contribution is -0.140. The van der Waals surface area contributed by atoms with Crippen molar-refractivity contribution >= 4 is 39.1 Å². The number of benzene rings is 2. The van der Waals surface area contributed by atoms with Gasteiger partial charge in [-0.25, -0.2) is 8.42 Å². The van der Waals surface area contributed by atoms with Gasteiger partial charge in [0.05, 0.1) is 11.9 Å². The number of amides is 2. The molecule has 7 nitrogen and oxygen atoms in total. The van der Waals surface area contributed by atoms with E-state index in [-0.39, 0.29) is 37.4 Å². The Bertz CT molecular complexity index is 1110. The third-order valence-electron chi connectivity index (χ3n) is 5.89. The smallest absolute Gasteiger partial charge is 0.242 e. The molecule has 1 N–H and O–H groups in total. The molecule has 0 spiro atoms. The van der Waals surface area contributed by atoms with Gasteiger partial charge in [0.2, 0.25) is 21.8 Å². The molecule has 2 amide bonds. The number of carbonyl (C=O) groups is 2. The molecule has 9 heteroatoms. The SMILES string of the molecule is CC[C@H](C)NC(=O)[C@H](C)N(Cc1ccc(C)cc1)C(=O)CCCN(c1cccc(Cl)c1)S(C)(=O)=O. The Kier molecular flexibility index (Phi) is 10.6. The zero-order valence-electron chi connectivity index (χ0n) is 21.1. The fourth-order valence-electron chi connectivity index (χ4n) is 3.57. The summed E-state index contributed by atoms with van der Waals surface area (Å²) in [6, 6.07) is 13.8. The largest absolute Gasteiger partial charge is 0.352 e. The minimum absolute atomic E-state index is 0.00212. The summed E-state index contributed by atoms with van der Waals surface area (Å²) in [5.74, 6) is -0.423. The van der Waals surface area contributed by atoms with Crippen LogP contribution in [0.5, 0.6) is 0 Å². The molecule has 192 valence electrons. The van der Waals surface area contributed by atoms with Gasteiger partial charge in [-0.05, 0) is 57.4 Å². The third-order valence-corrected chi connectivity index (χ3v) is 7.32. The molecule has 0 saturated carbocycles. The molecule has 0 fully saturated rings. The van der Waals surface area contributed by atoms with E-state index in [0.717, 1.165) is 23.8 Å². The van der Waals surface area contributed by atoms with E-state index in [2.05, 4.69) is 5.32 Å². The molecule has 2 atom stereocenters. The van der Waals surface area contributed by atoms with Crippen molar-refractivity contribution in [1.82, 2.24) is 10.2 Å². The molecule has 0 heterocycles. The number of carbonyl (C=O) groups excluding carboxylic acids is 2. The van der Waals surface area contributed by atoms with Crippen molar-refractivity contribution in [2.24, 2.45) is 0 Å². The zero-order valence-corrected chi connectivity index (χ0v) is 22.7. The van der Waals surface area contributed by atoms with Crippen LogP contribution in [0.2, 0.25) is 5.02 Å². The zero-order chi connectivity index (χ0) is 26.2. The minimum atomic E-state index is -3.57. The molecule has 0 aliphatic rings. The summed E-state index contributed by atoms with van der Waals surface area (Å²) in [4.78, 5) is 27.7. The van der Waals surface area contributed by atoms with Crippen LogP contribution in [-0.2, 0) is 26.2 Å². The van der Waals surface area contributed by atoms with Gasteiger partial charge in [-0.1, -0.05) is 54.4 Å². The first-order valence-corrected chi connectivity index (χ1v) is 14.0. The molecule has 0 bridgehead atoms. The van der Waals surface area contributed by atoms with E-state index in [1.807, 2.05) is 45.0 Å². The number of nitrogens with zero attached hydrogens (tertiary/aromatic N) is 2. The van der Waals surface area contributed by atoms with E-state index >= 15 is 0 Å². The van der Waals surface area contributed by atoms with Gasteiger partial charge >= 0.3 is 0 Å². The second kappa shape index (κ2) is 12.9. The molecule has 0 aliphatic carbocycles. The molecular weight excluding hydrogens is 486 g/mol. The summed E-state index contributed by atoms with van der Waals surface area (Å²) in [5.41, 5.74) is 2.48. The maximum absolute atomic E-state index is 13.3. The number of aryl methyl sites for hydroxylation is 1. The van der Waals surface area contributed by atoms with Gasteiger partial charge < -0.3 is 10.2 Å². The Labute approximate surface area is 214 Å². The summed E-state index contributed by atoms with van der Waals surface area (Å²) < 4.78 is 26.0. The Morgan fingerprint density at radius 3 is 2.31 bits per heavy atom. The lowest BCUT2D eigenvalue weighted by Crippen LogP contribution is -2.49. The van der Waals surface area contributed by atoms with Crippen molar-refractivity contribution in [3.8, 4) is 0 Å². The van der Waals surface area contributed by atoms with E-state index in [1.165, 1.54) is 4.31 Å². The number of hydrogen-bond acceptors (Lipinski definition) is 4. The van der Waals surface area contributed by atoms with Gasteiger partial charge in [0, 0.05) is 30.6 Å². The van der Waals surface area contributed by atoms with Crippen LogP contribution in [0.15, 0.2) is 48.5 Å². The molecule has 2 rings (SSSR count). The van der Waals surface area contributed by atoms with Crippen molar-refractivity contribution in [2.45, 2.75) is 65.6 Å². The van der Waals surface area contributed by atoms with Gasteiger partial charge in [0.15, 0.2) is 0 Å². The quantitative estimate of drug-likeness (QED) is 0.444. The highest BCUT2D eigenvalue weighted by Gasteiger charge is 2.27. The van der Waals surface area contributed by atoms with Crippen LogP contribution in [0.4, 0.5) is 5.69 Å².